The molecule has 1 aromatic heterocycles. The normalized spacial score (nSPS) is 12.2. The van der Waals surface area contributed by atoms with Crippen LogP contribution in [0.2, 0.25) is 0 Å². The largest absolute Gasteiger partial charge is 0.355 e. The van der Waals surface area contributed by atoms with Crippen LogP contribution in [-0.4, -0.2) is 31.8 Å². The molecule has 0 aliphatic heterocycles. The molecule has 0 atom stereocenters. The van der Waals surface area contributed by atoms with E-state index in [-0.39, 0.29) is 0 Å². The Kier molecular flexibility index (Phi) is 3.84. The standard InChI is InChI=1S/C16H15BrN2O2S/c1-19(2)22(20,21)14-7-8-15-12(9-14)10-16(18-15)11-3-5-13(17)6-4-11/h3-10,18H,1-2H3. The Morgan fingerprint density at radius 1 is 1.00 bits per heavy atom. The summed E-state index contributed by atoms with van der Waals surface area (Å²) in [6.45, 7) is 0. The molecule has 1 heterocycles. The van der Waals surface area contributed by atoms with E-state index in [0.29, 0.717) is 4.90 Å². The third-order valence-corrected chi connectivity index (χ3v) is 5.87. The predicted octanol–water partition coefficient (Wildman–Crippen LogP) is 3.85. The second kappa shape index (κ2) is 5.53. The number of nitrogens with one attached hydrogen (secondary N) is 1. The maximum absolute atomic E-state index is 12.2. The fraction of sp³-hybridized carbons (Fsp3) is 0.125. The number of sulfonamides is 1. The number of nitrogens with zero attached hydrogens (tertiary/aromatic N) is 1. The minimum Gasteiger partial charge on any atom is -0.355 e. The van der Waals surface area contributed by atoms with Crippen molar-refractivity contribution in [2.45, 2.75) is 4.90 Å². The number of aromatic nitrogens is 1. The van der Waals surface area contributed by atoms with E-state index in [0.717, 1.165) is 26.6 Å². The SMILES string of the molecule is CN(C)S(=O)(=O)c1ccc2[nH]c(-c3ccc(Br)cc3)cc2c1. The van der Waals surface area contributed by atoms with Crippen molar-refractivity contribution in [1.29, 1.82) is 0 Å². The second-order valence-electron chi connectivity index (χ2n) is 5.23. The first-order chi connectivity index (χ1) is 10.4. The minimum absolute atomic E-state index is 0.298. The average Bonchev–Trinajstić information content (AvgIpc) is 2.90. The van der Waals surface area contributed by atoms with Crippen molar-refractivity contribution in [3.8, 4) is 11.3 Å². The van der Waals surface area contributed by atoms with Crippen molar-refractivity contribution in [2.24, 2.45) is 0 Å². The average molecular weight is 379 g/mol. The highest BCUT2D eigenvalue weighted by molar-refractivity contribution is 9.10. The molecule has 0 aliphatic carbocycles. The zero-order valence-corrected chi connectivity index (χ0v) is 14.6. The van der Waals surface area contributed by atoms with Gasteiger partial charge in [-0.3, -0.25) is 0 Å². The van der Waals surface area contributed by atoms with Gasteiger partial charge >= 0.3 is 0 Å². The maximum Gasteiger partial charge on any atom is 0.242 e. The molecule has 0 fully saturated rings. The maximum atomic E-state index is 12.2. The van der Waals surface area contributed by atoms with E-state index in [1.165, 1.54) is 18.4 Å². The molecule has 22 heavy (non-hydrogen) atoms. The molecule has 0 radical (unpaired) electrons. The molecule has 0 saturated heterocycles. The van der Waals surface area contributed by atoms with Crippen LogP contribution >= 0.6 is 15.9 Å². The molecule has 114 valence electrons. The van der Waals surface area contributed by atoms with Crippen LogP contribution in [0.4, 0.5) is 0 Å². The summed E-state index contributed by atoms with van der Waals surface area (Å²) in [5, 5.41) is 0.876. The van der Waals surface area contributed by atoms with Gasteiger partial charge in [-0.05, 0) is 42.0 Å². The van der Waals surface area contributed by atoms with Crippen LogP contribution in [0, 0.1) is 0 Å². The van der Waals surface area contributed by atoms with Crippen molar-refractivity contribution in [2.75, 3.05) is 14.1 Å². The van der Waals surface area contributed by atoms with Gasteiger partial charge in [0.25, 0.3) is 0 Å². The smallest absolute Gasteiger partial charge is 0.242 e. The Labute approximate surface area is 137 Å². The zero-order chi connectivity index (χ0) is 15.9. The highest BCUT2D eigenvalue weighted by Crippen LogP contribution is 2.27. The molecule has 0 spiro atoms. The van der Waals surface area contributed by atoms with Crippen LogP contribution in [0.15, 0.2) is 57.9 Å². The number of hydrogen-bond donors (Lipinski definition) is 1. The Hall–Kier alpha value is -1.63. The minimum atomic E-state index is -3.42. The monoisotopic (exact) mass is 378 g/mol. The van der Waals surface area contributed by atoms with Gasteiger partial charge in [0.1, 0.15) is 0 Å². The Bertz CT molecular complexity index is 928. The number of aromatic amines is 1. The second-order valence-corrected chi connectivity index (χ2v) is 8.29. The lowest BCUT2D eigenvalue weighted by Gasteiger charge is -2.10. The molecule has 6 heteroatoms. The van der Waals surface area contributed by atoms with Gasteiger partial charge in [0, 0.05) is 35.2 Å². The molecule has 3 rings (SSSR count). The number of halogens is 1. The van der Waals surface area contributed by atoms with Crippen LogP contribution in [0.5, 0.6) is 0 Å². The molecule has 0 unspecified atom stereocenters. The Morgan fingerprint density at radius 2 is 1.68 bits per heavy atom. The van der Waals surface area contributed by atoms with E-state index in [1.54, 1.807) is 18.2 Å². The first kappa shape index (κ1) is 15.3. The molecule has 0 aliphatic rings. The van der Waals surface area contributed by atoms with Crippen molar-refractivity contribution < 1.29 is 8.42 Å². The van der Waals surface area contributed by atoms with E-state index in [1.807, 2.05) is 30.3 Å². The van der Waals surface area contributed by atoms with Gasteiger partial charge in [-0.15, -0.1) is 0 Å². The molecule has 4 nitrogen and oxygen atoms in total. The van der Waals surface area contributed by atoms with Crippen molar-refractivity contribution in [3.63, 3.8) is 0 Å². The van der Waals surface area contributed by atoms with Crippen molar-refractivity contribution >= 4 is 36.9 Å². The van der Waals surface area contributed by atoms with Crippen LogP contribution in [0.1, 0.15) is 0 Å². The van der Waals surface area contributed by atoms with E-state index in [4.69, 9.17) is 0 Å². The Morgan fingerprint density at radius 3 is 2.32 bits per heavy atom. The summed E-state index contributed by atoms with van der Waals surface area (Å²) in [4.78, 5) is 3.61. The molecule has 0 bridgehead atoms. The van der Waals surface area contributed by atoms with E-state index < -0.39 is 10.0 Å². The summed E-state index contributed by atoms with van der Waals surface area (Å²) in [5.41, 5.74) is 2.92. The Balaban J connectivity index is 2.09. The molecular formula is C16H15BrN2O2S. The van der Waals surface area contributed by atoms with Gasteiger partial charge in [0.05, 0.1) is 4.90 Å². The molecule has 1 N–H and O–H groups in total. The number of rotatable bonds is 3. The van der Waals surface area contributed by atoms with Crippen LogP contribution in [-0.2, 0) is 10.0 Å². The fourth-order valence-corrected chi connectivity index (χ4v) is 3.47. The number of H-pyrrole nitrogens is 1. The van der Waals surface area contributed by atoms with Gasteiger partial charge in [0.2, 0.25) is 10.0 Å². The molecular weight excluding hydrogens is 364 g/mol. The molecule has 0 saturated carbocycles. The third-order valence-electron chi connectivity index (χ3n) is 3.53. The summed E-state index contributed by atoms with van der Waals surface area (Å²) < 4.78 is 26.6. The van der Waals surface area contributed by atoms with Crippen LogP contribution in [0.25, 0.3) is 22.2 Å². The number of hydrogen-bond acceptors (Lipinski definition) is 2. The van der Waals surface area contributed by atoms with Crippen LogP contribution < -0.4 is 0 Å². The molecule has 0 amide bonds. The first-order valence-corrected chi connectivity index (χ1v) is 8.92. The quantitative estimate of drug-likeness (QED) is 0.752. The van der Waals surface area contributed by atoms with E-state index in [9.17, 15) is 8.42 Å². The summed E-state index contributed by atoms with van der Waals surface area (Å²) in [6.07, 6.45) is 0. The van der Waals surface area contributed by atoms with Gasteiger partial charge in [0.15, 0.2) is 0 Å². The van der Waals surface area contributed by atoms with E-state index >= 15 is 0 Å². The predicted molar refractivity (Wildman–Crippen MR) is 92.3 cm³/mol. The third kappa shape index (κ3) is 2.69. The van der Waals surface area contributed by atoms with Crippen molar-refractivity contribution in [1.82, 2.24) is 9.29 Å². The fourth-order valence-electron chi connectivity index (χ4n) is 2.27. The lowest BCUT2D eigenvalue weighted by atomic mass is 10.1. The molecule has 3 aromatic rings. The van der Waals surface area contributed by atoms with Crippen LogP contribution in [0.3, 0.4) is 0 Å². The number of benzene rings is 2. The lowest BCUT2D eigenvalue weighted by Crippen LogP contribution is -2.22. The summed E-state index contributed by atoms with van der Waals surface area (Å²) in [5.74, 6) is 0. The topological polar surface area (TPSA) is 53.2 Å². The van der Waals surface area contributed by atoms with Gasteiger partial charge in [-0.25, -0.2) is 12.7 Å². The summed E-state index contributed by atoms with van der Waals surface area (Å²) >= 11 is 3.42. The summed E-state index contributed by atoms with van der Waals surface area (Å²) in [7, 11) is -0.353. The summed E-state index contributed by atoms with van der Waals surface area (Å²) in [6, 6.07) is 15.1. The highest BCUT2D eigenvalue weighted by Gasteiger charge is 2.17. The first-order valence-electron chi connectivity index (χ1n) is 6.69. The lowest BCUT2D eigenvalue weighted by molar-refractivity contribution is 0.521. The number of fused-ring (bicyclic) bond motifs is 1. The molecule has 2 aromatic carbocycles. The highest BCUT2D eigenvalue weighted by atomic mass is 79.9. The van der Waals surface area contributed by atoms with Crippen molar-refractivity contribution in [3.05, 3.63) is 53.0 Å². The van der Waals surface area contributed by atoms with Gasteiger partial charge in [-0.1, -0.05) is 28.1 Å². The van der Waals surface area contributed by atoms with Gasteiger partial charge in [-0.2, -0.15) is 0 Å². The van der Waals surface area contributed by atoms with Gasteiger partial charge < -0.3 is 4.98 Å². The van der Waals surface area contributed by atoms with E-state index in [2.05, 4.69) is 20.9 Å². The zero-order valence-electron chi connectivity index (χ0n) is 12.2.